The number of phenolic OH excluding ortho intramolecular Hbond substituents is 4. The highest BCUT2D eigenvalue weighted by atomic mass is 16.3. The van der Waals surface area contributed by atoms with Gasteiger partial charge in [0.1, 0.15) is 23.0 Å². The molecule has 8 aromatic carbocycles. The lowest BCUT2D eigenvalue weighted by atomic mass is 9.65. The molecule has 8 aromatic rings. The molecule has 0 unspecified atom stereocenters. The van der Waals surface area contributed by atoms with Crippen LogP contribution in [-0.2, 0) is 27.1 Å². The molecule has 4 N–H and O–H groups in total. The van der Waals surface area contributed by atoms with E-state index in [1.807, 2.05) is 121 Å². The molecule has 0 saturated heterocycles. The van der Waals surface area contributed by atoms with Crippen molar-refractivity contribution in [2.24, 2.45) is 20.0 Å². The molecule has 8 heteroatoms. The molecule has 0 aliphatic rings. The fraction of sp³-hybridized carbons (Fsp3) is 0.246. The zero-order chi connectivity index (χ0) is 55.5. The van der Waals surface area contributed by atoms with Crippen LogP contribution in [0.1, 0.15) is 150 Å². The van der Waals surface area contributed by atoms with E-state index >= 15 is 0 Å². The molecular formula is C69H72N4O4. The van der Waals surface area contributed by atoms with Crippen molar-refractivity contribution < 1.29 is 20.4 Å². The van der Waals surface area contributed by atoms with E-state index in [9.17, 15) is 20.4 Å². The number of hydrogen-bond donors (Lipinski definition) is 4. The van der Waals surface area contributed by atoms with Gasteiger partial charge >= 0.3 is 0 Å². The van der Waals surface area contributed by atoms with E-state index in [2.05, 4.69) is 132 Å². The Morgan fingerprint density at radius 2 is 0.442 bits per heavy atom. The molecule has 0 aliphatic carbocycles. The molecule has 8 nitrogen and oxygen atoms in total. The summed E-state index contributed by atoms with van der Waals surface area (Å²) in [6.07, 6.45) is 6.84. The molecule has 0 atom stereocenters. The quantitative estimate of drug-likeness (QED) is 0.0717. The van der Waals surface area contributed by atoms with Crippen LogP contribution in [0.3, 0.4) is 0 Å². The van der Waals surface area contributed by atoms with Crippen LogP contribution < -0.4 is 0 Å². The summed E-state index contributed by atoms with van der Waals surface area (Å²) in [5, 5.41) is 45.1. The van der Waals surface area contributed by atoms with Crippen molar-refractivity contribution in [3.63, 3.8) is 0 Å². The van der Waals surface area contributed by atoms with Crippen LogP contribution in [0.2, 0.25) is 0 Å². The summed E-state index contributed by atoms with van der Waals surface area (Å²) < 4.78 is 0. The third kappa shape index (κ3) is 12.0. The fourth-order valence-electron chi connectivity index (χ4n) is 9.85. The Hall–Kier alpha value is -8.36. The standard InChI is InChI=1S/C69H72N4O4/c1-65(2,3)57-21-13-17-45(61(57)74)41-70-53-33-25-49(26-34-53)69(50-27-35-54(36-28-50)71-42-46-18-14-22-58(62(46)75)66(4,5)6,51-29-37-55(38-30-51)72-43-47-19-15-23-59(63(47)76)67(7,8)9)52-31-39-56(40-32-52)73-44-48-20-16-24-60(64(48)77)68(10,11)12/h13-44,74-77H,1-12H3. The summed E-state index contributed by atoms with van der Waals surface area (Å²) in [5.74, 6) is 0.864. The number of para-hydroxylation sites is 4. The predicted octanol–water partition coefficient (Wildman–Crippen LogP) is 17.1. The number of hydrogen-bond acceptors (Lipinski definition) is 8. The van der Waals surface area contributed by atoms with Crippen LogP contribution in [0.15, 0.2) is 190 Å². The Morgan fingerprint density at radius 3 is 0.610 bits per heavy atom. The minimum absolute atomic E-state index is 0.216. The lowest BCUT2D eigenvalue weighted by Gasteiger charge is -2.37. The van der Waals surface area contributed by atoms with Crippen LogP contribution in [0.5, 0.6) is 23.0 Å². The zero-order valence-corrected chi connectivity index (χ0v) is 46.6. The van der Waals surface area contributed by atoms with Crippen molar-refractivity contribution in [2.75, 3.05) is 0 Å². The van der Waals surface area contributed by atoms with Crippen molar-refractivity contribution >= 4 is 47.6 Å². The first-order chi connectivity index (χ1) is 36.3. The van der Waals surface area contributed by atoms with Gasteiger partial charge in [-0.05, 0) is 139 Å². The van der Waals surface area contributed by atoms with Gasteiger partial charge < -0.3 is 20.4 Å². The second-order valence-corrected chi connectivity index (χ2v) is 23.9. The minimum atomic E-state index is -0.938. The molecule has 0 aliphatic heterocycles. The Morgan fingerprint density at radius 1 is 0.260 bits per heavy atom. The van der Waals surface area contributed by atoms with E-state index in [1.165, 1.54) is 0 Å². The highest BCUT2D eigenvalue weighted by molar-refractivity contribution is 5.89. The summed E-state index contributed by atoms with van der Waals surface area (Å²) in [5.41, 5.74) is 10.6. The summed E-state index contributed by atoms with van der Waals surface area (Å²) in [6.45, 7) is 24.9. The van der Waals surface area contributed by atoms with Gasteiger partial charge in [-0.2, -0.15) is 0 Å². The van der Waals surface area contributed by atoms with E-state index in [1.54, 1.807) is 24.9 Å². The number of phenols is 4. The van der Waals surface area contributed by atoms with Crippen molar-refractivity contribution in [3.05, 3.63) is 237 Å². The smallest absolute Gasteiger partial charge is 0.128 e. The van der Waals surface area contributed by atoms with Gasteiger partial charge in [0.15, 0.2) is 0 Å². The first-order valence-electron chi connectivity index (χ1n) is 26.2. The normalized spacial score (nSPS) is 13.6. The molecule has 0 fully saturated rings. The molecule has 392 valence electrons. The largest absolute Gasteiger partial charge is 0.507 e. The average molecular weight is 1020 g/mol. The summed E-state index contributed by atoms with van der Waals surface area (Å²) in [6, 6.07) is 55.8. The summed E-state index contributed by atoms with van der Waals surface area (Å²) in [4.78, 5) is 19.4. The third-order valence-electron chi connectivity index (χ3n) is 14.1. The average Bonchev–Trinajstić information content (AvgIpc) is 3.48. The molecule has 0 spiro atoms. The van der Waals surface area contributed by atoms with Gasteiger partial charge in [0.2, 0.25) is 0 Å². The Bertz CT molecular complexity index is 3030. The molecule has 0 aromatic heterocycles. The minimum Gasteiger partial charge on any atom is -0.507 e. The van der Waals surface area contributed by atoms with Crippen molar-refractivity contribution in [1.82, 2.24) is 0 Å². The van der Waals surface area contributed by atoms with E-state index in [0.29, 0.717) is 45.0 Å². The van der Waals surface area contributed by atoms with E-state index in [-0.39, 0.29) is 44.7 Å². The molecule has 77 heavy (non-hydrogen) atoms. The first kappa shape index (κ1) is 54.9. The second-order valence-electron chi connectivity index (χ2n) is 23.9. The van der Waals surface area contributed by atoms with Gasteiger partial charge in [0.05, 0.1) is 28.2 Å². The molecule has 8 rings (SSSR count). The highest BCUT2D eigenvalue weighted by Gasteiger charge is 2.39. The van der Waals surface area contributed by atoms with Crippen molar-refractivity contribution in [3.8, 4) is 23.0 Å². The van der Waals surface area contributed by atoms with E-state index < -0.39 is 5.41 Å². The molecular weight excluding hydrogens is 949 g/mol. The van der Waals surface area contributed by atoms with Crippen LogP contribution in [0.4, 0.5) is 22.7 Å². The monoisotopic (exact) mass is 1020 g/mol. The molecule has 0 bridgehead atoms. The third-order valence-corrected chi connectivity index (χ3v) is 14.1. The highest BCUT2D eigenvalue weighted by Crippen LogP contribution is 2.47. The number of benzene rings is 8. The Balaban J connectivity index is 1.27. The van der Waals surface area contributed by atoms with Gasteiger partial charge in [-0.1, -0.05) is 180 Å². The van der Waals surface area contributed by atoms with E-state index in [4.69, 9.17) is 20.0 Å². The van der Waals surface area contributed by atoms with Crippen LogP contribution >= 0.6 is 0 Å². The van der Waals surface area contributed by atoms with Gasteiger partial charge in [0, 0.05) is 47.1 Å². The van der Waals surface area contributed by atoms with E-state index in [0.717, 1.165) is 44.5 Å². The maximum absolute atomic E-state index is 11.3. The van der Waals surface area contributed by atoms with Gasteiger partial charge in [0.25, 0.3) is 0 Å². The lowest BCUT2D eigenvalue weighted by molar-refractivity contribution is 0.445. The molecule has 0 saturated carbocycles. The topological polar surface area (TPSA) is 130 Å². The number of aliphatic imine (C=N–C) groups is 4. The molecule has 0 amide bonds. The van der Waals surface area contributed by atoms with Crippen LogP contribution in [0, 0.1) is 0 Å². The Kier molecular flexibility index (Phi) is 15.5. The number of aromatic hydroxyl groups is 4. The number of rotatable bonds is 12. The number of nitrogens with zero attached hydrogens (tertiary/aromatic N) is 4. The zero-order valence-electron chi connectivity index (χ0n) is 46.6. The van der Waals surface area contributed by atoms with Gasteiger partial charge in [-0.3, -0.25) is 20.0 Å². The maximum atomic E-state index is 11.3. The Labute approximate surface area is 455 Å². The second kappa shape index (κ2) is 21.7. The summed E-state index contributed by atoms with van der Waals surface area (Å²) >= 11 is 0. The molecule has 0 radical (unpaired) electrons. The van der Waals surface area contributed by atoms with Crippen LogP contribution in [0.25, 0.3) is 0 Å². The SMILES string of the molecule is CC(C)(C)c1cccc(C=Nc2ccc(C(c3ccc(N=Cc4cccc(C(C)(C)C)c4O)cc3)(c3ccc(N=Cc4cccc(C(C)(C)C)c4O)cc3)c3ccc(N=Cc4cccc(C(C)(C)C)c4O)cc3)cc2)c1O. The van der Waals surface area contributed by atoms with Crippen LogP contribution in [-0.4, -0.2) is 45.3 Å². The maximum Gasteiger partial charge on any atom is 0.128 e. The predicted molar refractivity (Wildman–Crippen MR) is 321 cm³/mol. The van der Waals surface area contributed by atoms with Crippen molar-refractivity contribution in [1.29, 1.82) is 0 Å². The first-order valence-corrected chi connectivity index (χ1v) is 26.2. The fourth-order valence-corrected chi connectivity index (χ4v) is 9.85. The van der Waals surface area contributed by atoms with Gasteiger partial charge in [-0.25, -0.2) is 0 Å². The molecule has 0 heterocycles. The van der Waals surface area contributed by atoms with Crippen molar-refractivity contribution in [2.45, 2.75) is 110 Å². The van der Waals surface area contributed by atoms with Gasteiger partial charge in [-0.15, -0.1) is 0 Å². The lowest BCUT2D eigenvalue weighted by Crippen LogP contribution is -2.30. The summed E-state index contributed by atoms with van der Waals surface area (Å²) in [7, 11) is 0.